The largest absolute Gasteiger partial charge is 0.456 e. The third kappa shape index (κ3) is 4.67. The summed E-state index contributed by atoms with van der Waals surface area (Å²) in [4.78, 5) is 15.2. The first-order valence-electron chi connectivity index (χ1n) is 16.7. The molecule has 10 rings (SSSR count). The number of hydrogen-bond acceptors (Lipinski definition) is 4. The maximum atomic E-state index is 6.23. The monoisotopic (exact) mass is 640 g/mol. The van der Waals surface area contributed by atoms with Crippen LogP contribution in [0.2, 0.25) is 0 Å². The Morgan fingerprint density at radius 3 is 1.64 bits per heavy atom. The van der Waals surface area contributed by atoms with E-state index < -0.39 is 0 Å². The first kappa shape index (κ1) is 28.2. The molecular formula is C45H28N4O. The van der Waals surface area contributed by atoms with Crippen molar-refractivity contribution >= 4 is 43.7 Å². The maximum absolute atomic E-state index is 6.23. The Bertz CT molecular complexity index is 2850. The highest BCUT2D eigenvalue weighted by atomic mass is 16.3. The van der Waals surface area contributed by atoms with E-state index in [9.17, 15) is 0 Å². The van der Waals surface area contributed by atoms with Gasteiger partial charge in [0.15, 0.2) is 11.6 Å². The lowest BCUT2D eigenvalue weighted by molar-refractivity contribution is 0.669. The molecule has 0 atom stereocenters. The fourth-order valence-electron chi connectivity index (χ4n) is 7.03. The molecule has 0 aliphatic heterocycles. The van der Waals surface area contributed by atoms with E-state index in [2.05, 4.69) is 126 Å². The molecule has 0 spiro atoms. The molecule has 5 nitrogen and oxygen atoms in total. The van der Waals surface area contributed by atoms with Crippen LogP contribution in [-0.4, -0.2) is 19.5 Å². The third-order valence-corrected chi connectivity index (χ3v) is 9.49. The molecule has 50 heavy (non-hydrogen) atoms. The summed E-state index contributed by atoms with van der Waals surface area (Å²) in [5.74, 6) is 1.82. The molecule has 3 heterocycles. The van der Waals surface area contributed by atoms with Crippen LogP contribution in [0.1, 0.15) is 0 Å². The van der Waals surface area contributed by atoms with Gasteiger partial charge < -0.3 is 4.42 Å². The molecule has 0 saturated carbocycles. The third-order valence-electron chi connectivity index (χ3n) is 9.49. The quantitative estimate of drug-likeness (QED) is 0.188. The van der Waals surface area contributed by atoms with Gasteiger partial charge in [0.2, 0.25) is 5.95 Å². The first-order valence-corrected chi connectivity index (χ1v) is 16.7. The highest BCUT2D eigenvalue weighted by Crippen LogP contribution is 2.37. The van der Waals surface area contributed by atoms with Crippen LogP contribution in [0.15, 0.2) is 174 Å². The average molecular weight is 641 g/mol. The molecule has 0 fully saturated rings. The van der Waals surface area contributed by atoms with Crippen molar-refractivity contribution in [2.45, 2.75) is 0 Å². The van der Waals surface area contributed by atoms with Crippen molar-refractivity contribution in [3.8, 4) is 51.0 Å². The van der Waals surface area contributed by atoms with E-state index in [4.69, 9.17) is 19.4 Å². The van der Waals surface area contributed by atoms with Crippen molar-refractivity contribution in [1.82, 2.24) is 19.5 Å². The lowest BCUT2D eigenvalue weighted by Crippen LogP contribution is -2.06. The molecule has 10 aromatic rings. The zero-order valence-electron chi connectivity index (χ0n) is 26.9. The number of furan rings is 1. The number of aromatic nitrogens is 4. The maximum Gasteiger partial charge on any atom is 0.238 e. The molecular weight excluding hydrogens is 613 g/mol. The highest BCUT2D eigenvalue weighted by Gasteiger charge is 2.19. The number of para-hydroxylation sites is 2. The van der Waals surface area contributed by atoms with Crippen molar-refractivity contribution in [3.63, 3.8) is 0 Å². The Morgan fingerprint density at radius 1 is 0.340 bits per heavy atom. The van der Waals surface area contributed by atoms with Gasteiger partial charge in [-0.25, -0.2) is 4.98 Å². The van der Waals surface area contributed by atoms with Crippen LogP contribution >= 0.6 is 0 Å². The number of hydrogen-bond donors (Lipinski definition) is 0. The van der Waals surface area contributed by atoms with Gasteiger partial charge in [-0.1, -0.05) is 133 Å². The van der Waals surface area contributed by atoms with E-state index in [1.165, 1.54) is 5.56 Å². The van der Waals surface area contributed by atoms with Crippen LogP contribution in [-0.2, 0) is 0 Å². The summed E-state index contributed by atoms with van der Waals surface area (Å²) >= 11 is 0. The summed E-state index contributed by atoms with van der Waals surface area (Å²) in [6.07, 6.45) is 0. The molecule has 0 aliphatic rings. The van der Waals surface area contributed by atoms with Crippen LogP contribution in [0.3, 0.4) is 0 Å². The second-order valence-corrected chi connectivity index (χ2v) is 12.5. The fraction of sp³-hybridized carbons (Fsp3) is 0. The Morgan fingerprint density at radius 2 is 0.860 bits per heavy atom. The molecule has 0 amide bonds. The summed E-state index contributed by atoms with van der Waals surface area (Å²) in [6, 6.07) is 58.7. The van der Waals surface area contributed by atoms with Gasteiger partial charge in [0.25, 0.3) is 0 Å². The van der Waals surface area contributed by atoms with Gasteiger partial charge in [-0.05, 0) is 58.7 Å². The number of nitrogens with zero attached hydrogens (tertiary/aromatic N) is 4. The van der Waals surface area contributed by atoms with E-state index in [-0.39, 0.29) is 0 Å². The zero-order valence-corrected chi connectivity index (χ0v) is 26.9. The summed E-state index contributed by atoms with van der Waals surface area (Å²) in [7, 11) is 0. The smallest absolute Gasteiger partial charge is 0.238 e. The van der Waals surface area contributed by atoms with E-state index in [0.29, 0.717) is 17.6 Å². The molecule has 0 N–H and O–H groups in total. The predicted molar refractivity (Wildman–Crippen MR) is 203 cm³/mol. The van der Waals surface area contributed by atoms with E-state index in [1.54, 1.807) is 0 Å². The van der Waals surface area contributed by atoms with Crippen molar-refractivity contribution < 1.29 is 4.42 Å². The van der Waals surface area contributed by atoms with Crippen LogP contribution in [0.25, 0.3) is 94.7 Å². The van der Waals surface area contributed by atoms with Crippen molar-refractivity contribution in [1.29, 1.82) is 0 Å². The van der Waals surface area contributed by atoms with Gasteiger partial charge in [-0.15, -0.1) is 0 Å². The van der Waals surface area contributed by atoms with Crippen LogP contribution < -0.4 is 0 Å². The topological polar surface area (TPSA) is 56.7 Å². The number of rotatable bonds is 5. The van der Waals surface area contributed by atoms with E-state index in [0.717, 1.165) is 71.6 Å². The Balaban J connectivity index is 1.14. The molecule has 0 radical (unpaired) electrons. The van der Waals surface area contributed by atoms with Crippen LogP contribution in [0, 0.1) is 0 Å². The van der Waals surface area contributed by atoms with Gasteiger partial charge in [-0.2, -0.15) is 9.97 Å². The van der Waals surface area contributed by atoms with Crippen molar-refractivity contribution in [2.75, 3.05) is 0 Å². The fourth-order valence-corrected chi connectivity index (χ4v) is 7.03. The number of fused-ring (bicyclic) bond motifs is 6. The SMILES string of the molecule is c1ccc(-c2ccc(-c3nc(-c4ccccc4)nc(-n4c5ccccc5c5cc(-c6ccc7c(c6)oc6ccccc67)ccc54)n3)cc2)cc1. The van der Waals surface area contributed by atoms with Crippen molar-refractivity contribution in [2.24, 2.45) is 0 Å². The predicted octanol–water partition coefficient (Wildman–Crippen LogP) is 11.5. The molecule has 3 aromatic heterocycles. The van der Waals surface area contributed by atoms with Crippen LogP contribution in [0.4, 0.5) is 0 Å². The van der Waals surface area contributed by atoms with Gasteiger partial charge >= 0.3 is 0 Å². The first-order chi connectivity index (χ1) is 24.8. The average Bonchev–Trinajstić information content (AvgIpc) is 3.73. The summed E-state index contributed by atoms with van der Waals surface area (Å²) < 4.78 is 8.39. The van der Waals surface area contributed by atoms with Crippen molar-refractivity contribution in [3.05, 3.63) is 170 Å². The molecule has 0 unspecified atom stereocenters. The molecule has 7 aromatic carbocycles. The standard InChI is InChI=1S/C45H28N4O/c1-3-11-29(12-4-1)30-19-21-32(22-20-30)44-46-43(31-13-5-2-6-14-31)47-45(48-44)49-39-17-9-7-15-35(39)38-27-33(24-26-40(38)49)34-23-25-37-36-16-8-10-18-41(36)50-42(37)28-34/h1-28H. The summed E-state index contributed by atoms with van der Waals surface area (Å²) in [5, 5.41) is 4.51. The minimum absolute atomic E-state index is 0.573. The number of benzene rings is 7. The molecule has 0 bridgehead atoms. The van der Waals surface area contributed by atoms with Gasteiger partial charge in [-0.3, -0.25) is 4.57 Å². The lowest BCUT2D eigenvalue weighted by Gasteiger charge is -2.11. The van der Waals surface area contributed by atoms with Gasteiger partial charge in [0, 0.05) is 32.7 Å². The minimum atomic E-state index is 0.573. The lowest BCUT2D eigenvalue weighted by atomic mass is 10.0. The molecule has 5 heteroatoms. The van der Waals surface area contributed by atoms with E-state index >= 15 is 0 Å². The van der Waals surface area contributed by atoms with E-state index in [1.807, 2.05) is 48.5 Å². The Labute approximate surface area is 287 Å². The molecule has 0 aliphatic carbocycles. The normalized spacial score (nSPS) is 11.6. The van der Waals surface area contributed by atoms with Gasteiger partial charge in [0.05, 0.1) is 11.0 Å². The highest BCUT2D eigenvalue weighted by molar-refractivity contribution is 6.11. The zero-order chi connectivity index (χ0) is 33.0. The Hall–Kier alpha value is -6.85. The minimum Gasteiger partial charge on any atom is -0.456 e. The Kier molecular flexibility index (Phi) is 6.42. The second-order valence-electron chi connectivity index (χ2n) is 12.5. The molecule has 234 valence electrons. The van der Waals surface area contributed by atoms with Crippen LogP contribution in [0.5, 0.6) is 0 Å². The second kappa shape index (κ2) is 11.4. The molecule has 0 saturated heterocycles. The summed E-state index contributed by atoms with van der Waals surface area (Å²) in [5.41, 5.74) is 10.2. The van der Waals surface area contributed by atoms with Gasteiger partial charge in [0.1, 0.15) is 11.2 Å². The summed E-state index contributed by atoms with van der Waals surface area (Å²) in [6.45, 7) is 0.